The molecular weight excluding hydrogens is 276 g/mol. The molecule has 2 rings (SSSR count). The molecule has 1 heterocycles. The fraction of sp³-hybridized carbons (Fsp3) is 0.214. The third-order valence-electron chi connectivity index (χ3n) is 2.89. The lowest BCUT2D eigenvalue weighted by atomic mass is 10.1. The summed E-state index contributed by atoms with van der Waals surface area (Å²) in [6, 6.07) is 9.27. The van der Waals surface area contributed by atoms with E-state index in [9.17, 15) is 13.2 Å². The molecule has 0 spiro atoms. The van der Waals surface area contributed by atoms with E-state index in [4.69, 9.17) is 0 Å². The number of carbonyl (C=O) groups is 1. The summed E-state index contributed by atoms with van der Waals surface area (Å²) in [6.07, 6.45) is 1.06. The van der Waals surface area contributed by atoms with Crippen LogP contribution in [-0.2, 0) is 10.0 Å². The van der Waals surface area contributed by atoms with E-state index < -0.39 is 10.0 Å². The highest BCUT2D eigenvalue weighted by molar-refractivity contribution is 7.92. The Morgan fingerprint density at radius 3 is 2.30 bits per heavy atom. The number of ketones is 1. The molecule has 6 heteroatoms. The Labute approximate surface area is 118 Å². The summed E-state index contributed by atoms with van der Waals surface area (Å²) < 4.78 is 25.5. The van der Waals surface area contributed by atoms with Crippen LogP contribution in [0.1, 0.15) is 23.0 Å². The van der Waals surface area contributed by atoms with Crippen molar-refractivity contribution in [2.45, 2.75) is 13.8 Å². The SMILES string of the molecule is CC(=O)c1c(C)[nH]c(-c2ccccc2)c1NS(C)(=O)=O. The van der Waals surface area contributed by atoms with E-state index in [2.05, 4.69) is 9.71 Å². The molecular formula is C14H16N2O3S. The van der Waals surface area contributed by atoms with Crippen molar-refractivity contribution in [1.82, 2.24) is 4.98 Å². The van der Waals surface area contributed by atoms with E-state index in [0.29, 0.717) is 22.6 Å². The summed E-state index contributed by atoms with van der Waals surface area (Å²) >= 11 is 0. The van der Waals surface area contributed by atoms with Crippen LogP contribution in [-0.4, -0.2) is 25.4 Å². The zero-order valence-corrected chi connectivity index (χ0v) is 12.3. The molecule has 0 aliphatic carbocycles. The number of Topliss-reactive ketones (excluding diaryl/α,β-unsaturated/α-hetero) is 1. The lowest BCUT2D eigenvalue weighted by Gasteiger charge is -2.08. The molecule has 0 fully saturated rings. The molecule has 0 amide bonds. The molecule has 5 nitrogen and oxygen atoms in total. The Morgan fingerprint density at radius 1 is 1.20 bits per heavy atom. The van der Waals surface area contributed by atoms with Gasteiger partial charge in [0.1, 0.15) is 0 Å². The molecule has 2 N–H and O–H groups in total. The largest absolute Gasteiger partial charge is 0.356 e. The third-order valence-corrected chi connectivity index (χ3v) is 3.46. The van der Waals surface area contributed by atoms with Crippen molar-refractivity contribution in [3.05, 3.63) is 41.6 Å². The Hall–Kier alpha value is -2.08. The van der Waals surface area contributed by atoms with Gasteiger partial charge in [0.2, 0.25) is 10.0 Å². The number of benzene rings is 1. The fourth-order valence-corrected chi connectivity index (χ4v) is 2.75. The Bertz CT molecular complexity index is 746. The Kier molecular flexibility index (Phi) is 3.67. The first-order valence-corrected chi connectivity index (χ1v) is 7.95. The summed E-state index contributed by atoms with van der Waals surface area (Å²) in [7, 11) is -3.47. The molecule has 0 aliphatic rings. The molecule has 1 aromatic heterocycles. The van der Waals surface area contributed by atoms with Crippen LogP contribution < -0.4 is 4.72 Å². The van der Waals surface area contributed by atoms with Crippen molar-refractivity contribution in [1.29, 1.82) is 0 Å². The number of anilines is 1. The first-order valence-electron chi connectivity index (χ1n) is 6.06. The molecule has 0 saturated heterocycles. The number of sulfonamides is 1. The van der Waals surface area contributed by atoms with Crippen molar-refractivity contribution in [2.24, 2.45) is 0 Å². The first-order chi connectivity index (χ1) is 9.29. The van der Waals surface area contributed by atoms with Gasteiger partial charge < -0.3 is 4.98 Å². The second kappa shape index (κ2) is 5.13. The van der Waals surface area contributed by atoms with Gasteiger partial charge in [0, 0.05) is 11.3 Å². The number of rotatable bonds is 4. The number of nitrogens with one attached hydrogen (secondary N) is 2. The molecule has 0 bridgehead atoms. The van der Waals surface area contributed by atoms with E-state index >= 15 is 0 Å². The Morgan fingerprint density at radius 2 is 1.80 bits per heavy atom. The van der Waals surface area contributed by atoms with Crippen LogP contribution >= 0.6 is 0 Å². The number of aromatic nitrogens is 1. The minimum atomic E-state index is -3.47. The van der Waals surface area contributed by atoms with E-state index in [0.717, 1.165) is 11.8 Å². The van der Waals surface area contributed by atoms with Gasteiger partial charge in [-0.05, 0) is 13.8 Å². The molecule has 0 atom stereocenters. The lowest BCUT2D eigenvalue weighted by molar-refractivity contribution is 0.101. The lowest BCUT2D eigenvalue weighted by Crippen LogP contribution is -2.12. The van der Waals surface area contributed by atoms with E-state index in [1.807, 2.05) is 30.3 Å². The van der Waals surface area contributed by atoms with Gasteiger partial charge in [-0.25, -0.2) is 8.42 Å². The molecule has 0 radical (unpaired) electrons. The predicted octanol–water partition coefficient (Wildman–Crippen LogP) is 2.56. The average molecular weight is 292 g/mol. The summed E-state index contributed by atoms with van der Waals surface area (Å²) in [4.78, 5) is 14.8. The van der Waals surface area contributed by atoms with Gasteiger partial charge in [-0.1, -0.05) is 30.3 Å². The predicted molar refractivity (Wildman–Crippen MR) is 79.4 cm³/mol. The van der Waals surface area contributed by atoms with Crippen molar-refractivity contribution in [3.63, 3.8) is 0 Å². The number of aromatic amines is 1. The topological polar surface area (TPSA) is 79.0 Å². The van der Waals surface area contributed by atoms with Crippen molar-refractivity contribution >= 4 is 21.5 Å². The molecule has 0 saturated carbocycles. The maximum absolute atomic E-state index is 11.8. The van der Waals surface area contributed by atoms with Gasteiger partial charge in [0.05, 0.1) is 23.2 Å². The van der Waals surface area contributed by atoms with Crippen LogP contribution in [0.2, 0.25) is 0 Å². The van der Waals surface area contributed by atoms with E-state index in [-0.39, 0.29) is 5.78 Å². The third kappa shape index (κ3) is 2.91. The Balaban J connectivity index is 2.69. The smallest absolute Gasteiger partial charge is 0.229 e. The second-order valence-corrected chi connectivity index (χ2v) is 6.42. The summed E-state index contributed by atoms with van der Waals surface area (Å²) in [6.45, 7) is 3.16. The monoisotopic (exact) mass is 292 g/mol. The van der Waals surface area contributed by atoms with Crippen LogP contribution in [0.25, 0.3) is 11.3 Å². The van der Waals surface area contributed by atoms with Crippen molar-refractivity contribution in [2.75, 3.05) is 11.0 Å². The maximum atomic E-state index is 11.8. The van der Waals surface area contributed by atoms with Gasteiger partial charge in [-0.3, -0.25) is 9.52 Å². The number of hydrogen-bond donors (Lipinski definition) is 2. The maximum Gasteiger partial charge on any atom is 0.229 e. The van der Waals surface area contributed by atoms with Gasteiger partial charge in [-0.2, -0.15) is 0 Å². The molecule has 0 aliphatic heterocycles. The normalized spacial score (nSPS) is 11.3. The molecule has 1 aromatic carbocycles. The van der Waals surface area contributed by atoms with E-state index in [1.165, 1.54) is 6.92 Å². The van der Waals surface area contributed by atoms with Crippen LogP contribution in [0.5, 0.6) is 0 Å². The molecule has 0 unspecified atom stereocenters. The average Bonchev–Trinajstić information content (AvgIpc) is 2.65. The number of H-pyrrole nitrogens is 1. The molecule has 106 valence electrons. The van der Waals surface area contributed by atoms with Crippen molar-refractivity contribution in [3.8, 4) is 11.3 Å². The van der Waals surface area contributed by atoms with E-state index in [1.54, 1.807) is 6.92 Å². The number of hydrogen-bond acceptors (Lipinski definition) is 3. The quantitative estimate of drug-likeness (QED) is 0.850. The second-order valence-electron chi connectivity index (χ2n) is 4.67. The first kappa shape index (κ1) is 14.3. The van der Waals surface area contributed by atoms with Gasteiger partial charge in [-0.15, -0.1) is 0 Å². The molecule has 20 heavy (non-hydrogen) atoms. The molecule has 2 aromatic rings. The van der Waals surface area contributed by atoms with Gasteiger partial charge >= 0.3 is 0 Å². The summed E-state index contributed by atoms with van der Waals surface area (Å²) in [5.74, 6) is -0.188. The number of carbonyl (C=O) groups excluding carboxylic acids is 1. The van der Waals surface area contributed by atoms with Crippen LogP contribution in [0.3, 0.4) is 0 Å². The minimum Gasteiger partial charge on any atom is -0.356 e. The number of aryl methyl sites for hydroxylation is 1. The summed E-state index contributed by atoms with van der Waals surface area (Å²) in [5, 5.41) is 0. The van der Waals surface area contributed by atoms with Crippen LogP contribution in [0, 0.1) is 6.92 Å². The fourth-order valence-electron chi connectivity index (χ4n) is 2.17. The van der Waals surface area contributed by atoms with Gasteiger partial charge in [0.15, 0.2) is 5.78 Å². The van der Waals surface area contributed by atoms with Crippen molar-refractivity contribution < 1.29 is 13.2 Å². The standard InChI is InChI=1S/C14H16N2O3S/c1-9-12(10(2)17)14(16-20(3,18)19)13(15-9)11-7-5-4-6-8-11/h4-8,15-16H,1-3H3. The van der Waals surface area contributed by atoms with Gasteiger partial charge in [0.25, 0.3) is 0 Å². The minimum absolute atomic E-state index is 0.188. The highest BCUT2D eigenvalue weighted by atomic mass is 32.2. The highest BCUT2D eigenvalue weighted by Gasteiger charge is 2.21. The van der Waals surface area contributed by atoms with Crippen LogP contribution in [0.15, 0.2) is 30.3 Å². The summed E-state index contributed by atoms with van der Waals surface area (Å²) in [5.41, 5.74) is 2.73. The zero-order chi connectivity index (χ0) is 14.9. The zero-order valence-electron chi connectivity index (χ0n) is 11.5. The van der Waals surface area contributed by atoms with Crippen LogP contribution in [0.4, 0.5) is 5.69 Å². The highest BCUT2D eigenvalue weighted by Crippen LogP contribution is 2.33.